The molecule has 2 aliphatic carbocycles. The molecular formula is C11H20. The first-order valence-corrected chi connectivity index (χ1v) is 5.24. The first kappa shape index (κ1) is 7.64. The fourth-order valence-corrected chi connectivity index (χ4v) is 3.56. The van der Waals surface area contributed by atoms with E-state index in [-0.39, 0.29) is 0 Å². The van der Waals surface area contributed by atoms with Crippen LogP contribution in [-0.4, -0.2) is 0 Å². The molecule has 2 rings (SSSR count). The zero-order valence-corrected chi connectivity index (χ0v) is 8.01. The second-order valence-corrected chi connectivity index (χ2v) is 4.78. The molecule has 2 bridgehead atoms. The van der Waals surface area contributed by atoms with Crippen molar-refractivity contribution < 1.29 is 0 Å². The fourth-order valence-electron chi connectivity index (χ4n) is 3.56. The summed E-state index contributed by atoms with van der Waals surface area (Å²) in [4.78, 5) is 0. The minimum atomic E-state index is 1.03. The predicted molar refractivity (Wildman–Crippen MR) is 48.3 cm³/mol. The van der Waals surface area contributed by atoms with Crippen LogP contribution in [-0.2, 0) is 0 Å². The third kappa shape index (κ3) is 0.947. The quantitative estimate of drug-likeness (QED) is 0.540. The second kappa shape index (κ2) is 2.50. The summed E-state index contributed by atoms with van der Waals surface area (Å²) in [6, 6.07) is 0. The van der Waals surface area contributed by atoms with Gasteiger partial charge in [-0.05, 0) is 42.4 Å². The summed E-state index contributed by atoms with van der Waals surface area (Å²) >= 11 is 0. The minimum absolute atomic E-state index is 1.03. The standard InChI is InChI=1S/C11H20/c1-4-9-5-10-6-11(9)8(3)7(10)2/h7-11H,4-6H2,1-3H3. The Morgan fingerprint density at radius 1 is 1.09 bits per heavy atom. The molecule has 2 aliphatic rings. The van der Waals surface area contributed by atoms with Crippen LogP contribution in [0.15, 0.2) is 0 Å². The van der Waals surface area contributed by atoms with Gasteiger partial charge in [-0.1, -0.05) is 27.2 Å². The first-order valence-electron chi connectivity index (χ1n) is 5.24. The van der Waals surface area contributed by atoms with Gasteiger partial charge in [0.1, 0.15) is 0 Å². The lowest BCUT2D eigenvalue weighted by Gasteiger charge is -2.30. The second-order valence-electron chi connectivity index (χ2n) is 4.78. The van der Waals surface area contributed by atoms with Gasteiger partial charge in [-0.2, -0.15) is 0 Å². The van der Waals surface area contributed by atoms with Gasteiger partial charge in [0.15, 0.2) is 0 Å². The summed E-state index contributed by atoms with van der Waals surface area (Å²) in [5.41, 5.74) is 0. The highest BCUT2D eigenvalue weighted by molar-refractivity contribution is 4.96. The Balaban J connectivity index is 2.10. The van der Waals surface area contributed by atoms with Crippen LogP contribution in [0.4, 0.5) is 0 Å². The summed E-state index contributed by atoms with van der Waals surface area (Å²) in [6.07, 6.45) is 4.53. The fraction of sp³-hybridized carbons (Fsp3) is 1.00. The number of fused-ring (bicyclic) bond motifs is 2. The van der Waals surface area contributed by atoms with Crippen LogP contribution in [0.2, 0.25) is 0 Å². The molecule has 0 saturated heterocycles. The van der Waals surface area contributed by atoms with E-state index in [9.17, 15) is 0 Å². The van der Waals surface area contributed by atoms with Gasteiger partial charge in [-0.15, -0.1) is 0 Å². The lowest BCUT2D eigenvalue weighted by Crippen LogP contribution is -2.23. The van der Waals surface area contributed by atoms with E-state index in [0.29, 0.717) is 0 Å². The van der Waals surface area contributed by atoms with Crippen molar-refractivity contribution in [2.75, 3.05) is 0 Å². The van der Waals surface area contributed by atoms with Gasteiger partial charge in [0.05, 0.1) is 0 Å². The summed E-state index contributed by atoms with van der Waals surface area (Å²) in [6.45, 7) is 7.29. The van der Waals surface area contributed by atoms with E-state index in [2.05, 4.69) is 20.8 Å². The van der Waals surface area contributed by atoms with E-state index >= 15 is 0 Å². The molecule has 2 saturated carbocycles. The molecule has 0 aromatic carbocycles. The van der Waals surface area contributed by atoms with Crippen molar-refractivity contribution in [1.29, 1.82) is 0 Å². The average Bonchev–Trinajstić information content (AvgIpc) is 2.53. The third-order valence-electron chi connectivity index (χ3n) is 4.56. The molecule has 5 atom stereocenters. The summed E-state index contributed by atoms with van der Waals surface area (Å²) in [7, 11) is 0. The molecule has 0 amide bonds. The molecule has 0 spiro atoms. The Kier molecular flexibility index (Phi) is 1.74. The Morgan fingerprint density at radius 2 is 1.82 bits per heavy atom. The minimum Gasteiger partial charge on any atom is -0.0651 e. The van der Waals surface area contributed by atoms with Crippen molar-refractivity contribution in [3.8, 4) is 0 Å². The molecule has 64 valence electrons. The molecule has 0 aliphatic heterocycles. The summed E-state index contributed by atoms with van der Waals surface area (Å²) in [5, 5.41) is 0. The summed E-state index contributed by atoms with van der Waals surface area (Å²) in [5.74, 6) is 5.34. The maximum Gasteiger partial charge on any atom is -0.0355 e. The Labute approximate surface area is 70.4 Å². The molecule has 0 aromatic rings. The lowest BCUT2D eigenvalue weighted by atomic mass is 9.75. The van der Waals surface area contributed by atoms with Crippen molar-refractivity contribution in [2.24, 2.45) is 29.6 Å². The van der Waals surface area contributed by atoms with E-state index in [1.807, 2.05) is 0 Å². The van der Waals surface area contributed by atoms with E-state index in [1.165, 1.54) is 6.42 Å². The molecular weight excluding hydrogens is 132 g/mol. The molecule has 0 nitrogen and oxygen atoms in total. The van der Waals surface area contributed by atoms with Crippen LogP contribution in [0.5, 0.6) is 0 Å². The van der Waals surface area contributed by atoms with E-state index < -0.39 is 0 Å². The Hall–Kier alpha value is 0. The first-order chi connectivity index (χ1) is 5.24. The average molecular weight is 152 g/mol. The predicted octanol–water partition coefficient (Wildman–Crippen LogP) is 3.32. The summed E-state index contributed by atoms with van der Waals surface area (Å²) < 4.78 is 0. The largest absolute Gasteiger partial charge is 0.0651 e. The topological polar surface area (TPSA) is 0 Å². The maximum absolute atomic E-state index is 2.47. The number of hydrogen-bond donors (Lipinski definition) is 0. The highest BCUT2D eigenvalue weighted by Crippen LogP contribution is 2.55. The maximum atomic E-state index is 2.47. The zero-order chi connectivity index (χ0) is 8.01. The molecule has 0 heterocycles. The van der Waals surface area contributed by atoms with Crippen molar-refractivity contribution in [2.45, 2.75) is 40.0 Å². The normalized spacial score (nSPS) is 55.4. The smallest absolute Gasteiger partial charge is 0.0355 e. The van der Waals surface area contributed by atoms with Crippen LogP contribution >= 0.6 is 0 Å². The van der Waals surface area contributed by atoms with Gasteiger partial charge in [0, 0.05) is 0 Å². The molecule has 5 unspecified atom stereocenters. The van der Waals surface area contributed by atoms with Crippen molar-refractivity contribution in [3.63, 3.8) is 0 Å². The van der Waals surface area contributed by atoms with Crippen LogP contribution in [0.1, 0.15) is 40.0 Å². The van der Waals surface area contributed by atoms with E-state index in [1.54, 1.807) is 12.8 Å². The van der Waals surface area contributed by atoms with Crippen LogP contribution in [0.3, 0.4) is 0 Å². The Bertz CT molecular complexity index is 144. The van der Waals surface area contributed by atoms with Gasteiger partial charge in [-0.3, -0.25) is 0 Å². The molecule has 2 fully saturated rings. The van der Waals surface area contributed by atoms with Crippen molar-refractivity contribution in [1.82, 2.24) is 0 Å². The zero-order valence-electron chi connectivity index (χ0n) is 8.01. The molecule has 0 N–H and O–H groups in total. The van der Waals surface area contributed by atoms with E-state index in [0.717, 1.165) is 29.6 Å². The van der Waals surface area contributed by atoms with Crippen LogP contribution in [0, 0.1) is 29.6 Å². The highest BCUT2D eigenvalue weighted by atomic mass is 14.5. The lowest BCUT2D eigenvalue weighted by molar-refractivity contribution is 0.185. The molecule has 0 aromatic heterocycles. The third-order valence-corrected chi connectivity index (χ3v) is 4.56. The van der Waals surface area contributed by atoms with Gasteiger partial charge in [-0.25, -0.2) is 0 Å². The van der Waals surface area contributed by atoms with Gasteiger partial charge >= 0.3 is 0 Å². The highest BCUT2D eigenvalue weighted by Gasteiger charge is 2.47. The monoisotopic (exact) mass is 152 g/mol. The van der Waals surface area contributed by atoms with Crippen molar-refractivity contribution in [3.05, 3.63) is 0 Å². The number of rotatable bonds is 1. The van der Waals surface area contributed by atoms with E-state index in [4.69, 9.17) is 0 Å². The van der Waals surface area contributed by atoms with Crippen LogP contribution < -0.4 is 0 Å². The Morgan fingerprint density at radius 3 is 2.27 bits per heavy atom. The molecule has 0 radical (unpaired) electrons. The van der Waals surface area contributed by atoms with Gasteiger partial charge in [0.25, 0.3) is 0 Å². The van der Waals surface area contributed by atoms with Gasteiger partial charge in [0.2, 0.25) is 0 Å². The number of hydrogen-bond acceptors (Lipinski definition) is 0. The van der Waals surface area contributed by atoms with Crippen molar-refractivity contribution >= 4 is 0 Å². The van der Waals surface area contributed by atoms with Gasteiger partial charge < -0.3 is 0 Å². The molecule has 11 heavy (non-hydrogen) atoms. The molecule has 0 heteroatoms. The van der Waals surface area contributed by atoms with Crippen LogP contribution in [0.25, 0.3) is 0 Å². The SMILES string of the molecule is CCC1CC2CC1C(C)C2C.